The second-order valence-electron chi connectivity index (χ2n) is 6.73. The Morgan fingerprint density at radius 3 is 2.81 bits per heavy atom. The number of allylic oxidation sites excluding steroid dienone is 2. The van der Waals surface area contributed by atoms with Crippen LogP contribution in [-0.4, -0.2) is 25.8 Å². The minimum Gasteiger partial charge on any atom is -0.493 e. The van der Waals surface area contributed by atoms with Crippen molar-refractivity contribution in [3.63, 3.8) is 0 Å². The number of esters is 1. The number of fused-ring (bicyclic) bond motifs is 1. The van der Waals surface area contributed by atoms with Gasteiger partial charge in [-0.25, -0.2) is 0 Å². The highest BCUT2D eigenvalue weighted by Gasteiger charge is 2.41. The summed E-state index contributed by atoms with van der Waals surface area (Å²) < 4.78 is 16.8. The molecule has 0 N–H and O–H groups in total. The third-order valence-corrected chi connectivity index (χ3v) is 5.58. The highest BCUT2D eigenvalue weighted by molar-refractivity contribution is 6.35. The van der Waals surface area contributed by atoms with E-state index in [1.807, 2.05) is 19.1 Å². The van der Waals surface area contributed by atoms with Gasteiger partial charge in [-0.05, 0) is 36.3 Å². The van der Waals surface area contributed by atoms with E-state index < -0.39 is 0 Å². The topological polar surface area (TPSA) is 44.8 Å². The molecule has 2 aliphatic rings. The van der Waals surface area contributed by atoms with Gasteiger partial charge in [0.15, 0.2) is 0 Å². The van der Waals surface area contributed by atoms with E-state index >= 15 is 0 Å². The average molecular weight is 397 g/mol. The zero-order valence-electron chi connectivity index (χ0n) is 15.1. The quantitative estimate of drug-likeness (QED) is 0.661. The molecule has 0 bridgehead atoms. The van der Waals surface area contributed by atoms with Crippen LogP contribution in [0, 0.1) is 11.8 Å². The van der Waals surface area contributed by atoms with Gasteiger partial charge in [-0.3, -0.25) is 4.79 Å². The largest absolute Gasteiger partial charge is 0.493 e. The number of benzene rings is 1. The highest BCUT2D eigenvalue weighted by Crippen LogP contribution is 2.42. The van der Waals surface area contributed by atoms with Crippen molar-refractivity contribution in [1.82, 2.24) is 0 Å². The van der Waals surface area contributed by atoms with Crippen molar-refractivity contribution in [2.45, 2.75) is 33.0 Å². The SMILES string of the molecule is COC(=O)CC1COC2C1=C(C)C=C(OCc1ccc(Cl)cc1Cl)C2C. The summed E-state index contributed by atoms with van der Waals surface area (Å²) >= 11 is 12.2. The van der Waals surface area contributed by atoms with Crippen LogP contribution in [0.4, 0.5) is 0 Å². The van der Waals surface area contributed by atoms with E-state index in [4.69, 9.17) is 37.4 Å². The first-order valence-electron chi connectivity index (χ1n) is 8.58. The maximum absolute atomic E-state index is 11.6. The zero-order chi connectivity index (χ0) is 18.8. The molecule has 0 radical (unpaired) electrons. The van der Waals surface area contributed by atoms with Crippen LogP contribution in [-0.2, 0) is 25.6 Å². The maximum Gasteiger partial charge on any atom is 0.306 e. The average Bonchev–Trinajstić information content (AvgIpc) is 3.02. The van der Waals surface area contributed by atoms with Crippen LogP contribution in [0.3, 0.4) is 0 Å². The molecule has 1 saturated heterocycles. The fourth-order valence-corrected chi connectivity index (χ4v) is 4.06. The molecule has 1 aliphatic carbocycles. The third kappa shape index (κ3) is 3.93. The van der Waals surface area contributed by atoms with Crippen LogP contribution >= 0.6 is 23.2 Å². The summed E-state index contributed by atoms with van der Waals surface area (Å²) in [6, 6.07) is 5.37. The molecule has 1 aromatic rings. The van der Waals surface area contributed by atoms with Gasteiger partial charge in [0.25, 0.3) is 0 Å². The molecule has 26 heavy (non-hydrogen) atoms. The second kappa shape index (κ2) is 8.03. The van der Waals surface area contributed by atoms with Gasteiger partial charge in [0.05, 0.1) is 26.2 Å². The second-order valence-corrected chi connectivity index (χ2v) is 7.57. The fraction of sp³-hybridized carbons (Fsp3) is 0.450. The van der Waals surface area contributed by atoms with Crippen molar-refractivity contribution in [3.8, 4) is 0 Å². The predicted molar refractivity (Wildman–Crippen MR) is 101 cm³/mol. The summed E-state index contributed by atoms with van der Waals surface area (Å²) in [6.07, 6.45) is 2.32. The lowest BCUT2D eigenvalue weighted by molar-refractivity contribution is -0.141. The Balaban J connectivity index is 1.75. The van der Waals surface area contributed by atoms with Crippen molar-refractivity contribution in [3.05, 3.63) is 56.8 Å². The molecule has 140 valence electrons. The van der Waals surface area contributed by atoms with E-state index in [1.165, 1.54) is 12.7 Å². The fourth-order valence-electron chi connectivity index (χ4n) is 3.60. The van der Waals surface area contributed by atoms with E-state index in [0.29, 0.717) is 29.7 Å². The molecule has 6 heteroatoms. The first-order chi connectivity index (χ1) is 12.4. The molecule has 1 aromatic carbocycles. The van der Waals surface area contributed by atoms with Crippen LogP contribution in [0.5, 0.6) is 0 Å². The van der Waals surface area contributed by atoms with Gasteiger partial charge in [-0.15, -0.1) is 0 Å². The molecule has 0 amide bonds. The molecule has 3 rings (SSSR count). The van der Waals surface area contributed by atoms with Crippen LogP contribution in [0.2, 0.25) is 10.0 Å². The molecular weight excluding hydrogens is 375 g/mol. The number of carbonyl (C=O) groups excluding carboxylic acids is 1. The van der Waals surface area contributed by atoms with Gasteiger partial charge in [0.2, 0.25) is 0 Å². The van der Waals surface area contributed by atoms with E-state index in [-0.39, 0.29) is 23.9 Å². The van der Waals surface area contributed by atoms with Gasteiger partial charge < -0.3 is 14.2 Å². The summed E-state index contributed by atoms with van der Waals surface area (Å²) in [7, 11) is 1.41. The number of hydrogen-bond donors (Lipinski definition) is 0. The Labute approximate surface area is 163 Å². The number of rotatable bonds is 5. The zero-order valence-corrected chi connectivity index (χ0v) is 16.6. The van der Waals surface area contributed by atoms with E-state index in [0.717, 1.165) is 16.9 Å². The Bertz CT molecular complexity index is 769. The van der Waals surface area contributed by atoms with Gasteiger partial charge in [0, 0.05) is 27.4 Å². The standard InChI is InChI=1S/C20H22Cl2O4/c1-11-6-17(25-9-13-4-5-15(21)8-16(13)22)12(2)20-19(11)14(10-26-20)7-18(23)24-3/h4-6,8,12,14,20H,7,9-10H2,1-3H3. The Hall–Kier alpha value is -1.49. The summed E-state index contributed by atoms with van der Waals surface area (Å²) in [5, 5.41) is 1.19. The molecule has 0 saturated carbocycles. The minimum atomic E-state index is -0.212. The number of carbonyl (C=O) groups is 1. The van der Waals surface area contributed by atoms with Crippen molar-refractivity contribution in [2.24, 2.45) is 11.8 Å². The van der Waals surface area contributed by atoms with Crippen LogP contribution in [0.25, 0.3) is 0 Å². The molecule has 3 atom stereocenters. The molecule has 1 heterocycles. The molecular formula is C20H22Cl2O4. The predicted octanol–water partition coefficient (Wildman–Crippen LogP) is 4.94. The Kier molecular flexibility index (Phi) is 5.96. The molecule has 4 nitrogen and oxygen atoms in total. The molecule has 3 unspecified atom stereocenters. The monoisotopic (exact) mass is 396 g/mol. The van der Waals surface area contributed by atoms with Crippen LogP contribution < -0.4 is 0 Å². The number of methoxy groups -OCH3 is 1. The van der Waals surface area contributed by atoms with Crippen molar-refractivity contribution >= 4 is 29.2 Å². The summed E-state index contributed by atoms with van der Waals surface area (Å²) in [4.78, 5) is 11.6. The lowest BCUT2D eigenvalue weighted by Gasteiger charge is -2.29. The summed E-state index contributed by atoms with van der Waals surface area (Å²) in [6.45, 7) is 5.01. The normalized spacial score (nSPS) is 25.0. The molecule has 0 aromatic heterocycles. The first-order valence-corrected chi connectivity index (χ1v) is 9.33. The summed E-state index contributed by atoms with van der Waals surface area (Å²) in [5.74, 6) is 0.789. The van der Waals surface area contributed by atoms with E-state index in [2.05, 4.69) is 6.92 Å². The van der Waals surface area contributed by atoms with Crippen LogP contribution in [0.15, 0.2) is 41.2 Å². The highest BCUT2D eigenvalue weighted by atomic mass is 35.5. The van der Waals surface area contributed by atoms with Crippen molar-refractivity contribution < 1.29 is 19.0 Å². The van der Waals surface area contributed by atoms with Crippen molar-refractivity contribution in [2.75, 3.05) is 13.7 Å². The number of halogens is 2. The van der Waals surface area contributed by atoms with Gasteiger partial charge in [-0.1, -0.05) is 36.2 Å². The summed E-state index contributed by atoms with van der Waals surface area (Å²) in [5.41, 5.74) is 3.16. The number of hydrogen-bond acceptors (Lipinski definition) is 4. The van der Waals surface area contributed by atoms with E-state index in [9.17, 15) is 4.79 Å². The maximum atomic E-state index is 11.6. The minimum absolute atomic E-state index is 0.0645. The molecule has 1 aliphatic heterocycles. The molecule has 1 fully saturated rings. The van der Waals surface area contributed by atoms with Gasteiger partial charge in [-0.2, -0.15) is 0 Å². The van der Waals surface area contributed by atoms with Crippen LogP contribution in [0.1, 0.15) is 25.8 Å². The van der Waals surface area contributed by atoms with Crippen molar-refractivity contribution in [1.29, 1.82) is 0 Å². The van der Waals surface area contributed by atoms with E-state index in [1.54, 1.807) is 12.1 Å². The lowest BCUT2D eigenvalue weighted by Crippen LogP contribution is -2.27. The Morgan fingerprint density at radius 2 is 2.12 bits per heavy atom. The molecule has 0 spiro atoms. The number of ether oxygens (including phenoxy) is 3. The van der Waals surface area contributed by atoms with Gasteiger partial charge in [0.1, 0.15) is 12.4 Å². The first kappa shape index (κ1) is 19.3. The Morgan fingerprint density at radius 1 is 1.35 bits per heavy atom. The third-order valence-electron chi connectivity index (χ3n) is 4.99. The van der Waals surface area contributed by atoms with Gasteiger partial charge >= 0.3 is 5.97 Å². The smallest absolute Gasteiger partial charge is 0.306 e. The lowest BCUT2D eigenvalue weighted by atomic mass is 9.81.